The maximum absolute atomic E-state index is 8.65. The molecule has 0 aliphatic heterocycles. The average Bonchev–Trinajstić information content (AvgIpc) is 2.98. The fourth-order valence-corrected chi connectivity index (χ4v) is 1.85. The van der Waals surface area contributed by atoms with Crippen LogP contribution in [0.15, 0.2) is 35.1 Å². The van der Waals surface area contributed by atoms with Crippen molar-refractivity contribution in [1.29, 1.82) is 5.26 Å². The van der Waals surface area contributed by atoms with Crippen molar-refractivity contribution in [2.45, 2.75) is 26.7 Å². The van der Waals surface area contributed by atoms with Crippen molar-refractivity contribution < 1.29 is 4.42 Å². The maximum Gasteiger partial charge on any atom is 0.247 e. The monoisotopic (exact) mass is 270 g/mol. The van der Waals surface area contributed by atoms with Gasteiger partial charge in [0, 0.05) is 24.2 Å². The molecule has 104 valence electrons. The normalized spacial score (nSPS) is 11.1. The van der Waals surface area contributed by atoms with Gasteiger partial charge in [0.15, 0.2) is 0 Å². The molecule has 0 saturated carbocycles. The minimum Gasteiger partial charge on any atom is -0.423 e. The summed E-state index contributed by atoms with van der Waals surface area (Å²) in [6, 6.07) is 10.1. The smallest absolute Gasteiger partial charge is 0.247 e. The molecule has 0 atom stereocenters. The highest BCUT2D eigenvalue weighted by atomic mass is 16.4. The van der Waals surface area contributed by atoms with Gasteiger partial charge in [0.25, 0.3) is 0 Å². The molecule has 0 saturated heterocycles. The molecule has 0 fully saturated rings. The number of benzene rings is 1. The van der Waals surface area contributed by atoms with Gasteiger partial charge in [0.05, 0.1) is 6.07 Å². The lowest BCUT2D eigenvalue weighted by Gasteiger charge is -2.24. The summed E-state index contributed by atoms with van der Waals surface area (Å²) in [6.45, 7) is 5.14. The van der Waals surface area contributed by atoms with Gasteiger partial charge in [-0.05, 0) is 36.1 Å². The van der Waals surface area contributed by atoms with E-state index in [4.69, 9.17) is 9.68 Å². The maximum atomic E-state index is 8.65. The number of nitriles is 1. The molecule has 20 heavy (non-hydrogen) atoms. The lowest BCUT2D eigenvalue weighted by atomic mass is 9.88. The van der Waals surface area contributed by atoms with Crippen LogP contribution in [0.25, 0.3) is 11.5 Å². The number of anilines is 1. The van der Waals surface area contributed by atoms with E-state index in [2.05, 4.69) is 35.4 Å². The summed E-state index contributed by atoms with van der Waals surface area (Å²) in [5.41, 5.74) is 2.04. The van der Waals surface area contributed by atoms with Crippen LogP contribution in [0.2, 0.25) is 0 Å². The van der Waals surface area contributed by atoms with Crippen molar-refractivity contribution in [3.8, 4) is 17.5 Å². The van der Waals surface area contributed by atoms with Crippen LogP contribution in [0.5, 0.6) is 0 Å². The SMILES string of the molecule is CC(C)(CCC#N)CNc1ccc(-c2nnco2)cc1. The molecule has 2 aromatic rings. The topological polar surface area (TPSA) is 74.7 Å². The van der Waals surface area contributed by atoms with Crippen molar-refractivity contribution in [2.75, 3.05) is 11.9 Å². The van der Waals surface area contributed by atoms with E-state index in [9.17, 15) is 0 Å². The highest BCUT2D eigenvalue weighted by molar-refractivity contribution is 5.58. The van der Waals surface area contributed by atoms with E-state index in [1.54, 1.807) is 0 Å². The van der Waals surface area contributed by atoms with Crippen molar-refractivity contribution in [2.24, 2.45) is 5.41 Å². The lowest BCUT2D eigenvalue weighted by molar-refractivity contribution is 0.364. The van der Waals surface area contributed by atoms with Crippen molar-refractivity contribution in [3.05, 3.63) is 30.7 Å². The van der Waals surface area contributed by atoms with Crippen LogP contribution in [-0.4, -0.2) is 16.7 Å². The van der Waals surface area contributed by atoms with Crippen LogP contribution in [0.3, 0.4) is 0 Å². The Hall–Kier alpha value is -2.35. The zero-order chi connectivity index (χ0) is 14.4. The molecule has 1 aromatic carbocycles. The quantitative estimate of drug-likeness (QED) is 0.869. The second kappa shape index (κ2) is 6.20. The van der Waals surface area contributed by atoms with E-state index in [-0.39, 0.29) is 5.41 Å². The Morgan fingerprint density at radius 2 is 2.05 bits per heavy atom. The first-order valence-corrected chi connectivity index (χ1v) is 6.58. The molecule has 0 radical (unpaired) electrons. The summed E-state index contributed by atoms with van der Waals surface area (Å²) >= 11 is 0. The van der Waals surface area contributed by atoms with Crippen LogP contribution in [0, 0.1) is 16.7 Å². The molecular formula is C15H18N4O. The van der Waals surface area contributed by atoms with E-state index in [1.165, 1.54) is 6.39 Å². The third-order valence-corrected chi connectivity index (χ3v) is 3.18. The van der Waals surface area contributed by atoms with E-state index in [0.717, 1.165) is 24.2 Å². The fraction of sp³-hybridized carbons (Fsp3) is 0.400. The number of aromatic nitrogens is 2. The molecule has 1 aromatic heterocycles. The van der Waals surface area contributed by atoms with Crippen LogP contribution in [0.4, 0.5) is 5.69 Å². The molecule has 0 amide bonds. The molecule has 0 spiro atoms. The van der Waals surface area contributed by atoms with Gasteiger partial charge in [-0.2, -0.15) is 5.26 Å². The predicted molar refractivity (Wildman–Crippen MR) is 76.9 cm³/mol. The van der Waals surface area contributed by atoms with Gasteiger partial charge < -0.3 is 9.73 Å². The molecule has 0 aliphatic rings. The first-order valence-electron chi connectivity index (χ1n) is 6.58. The van der Waals surface area contributed by atoms with Gasteiger partial charge in [-0.25, -0.2) is 0 Å². The number of hydrogen-bond donors (Lipinski definition) is 1. The number of hydrogen-bond acceptors (Lipinski definition) is 5. The third-order valence-electron chi connectivity index (χ3n) is 3.18. The second-order valence-electron chi connectivity index (χ2n) is 5.50. The highest BCUT2D eigenvalue weighted by Crippen LogP contribution is 2.24. The van der Waals surface area contributed by atoms with Crippen molar-refractivity contribution in [1.82, 2.24) is 10.2 Å². The molecule has 0 unspecified atom stereocenters. The molecular weight excluding hydrogens is 252 g/mol. The summed E-state index contributed by atoms with van der Waals surface area (Å²) in [5.74, 6) is 0.519. The molecule has 2 rings (SSSR count). The molecule has 5 heteroatoms. The molecule has 5 nitrogen and oxygen atoms in total. The van der Waals surface area contributed by atoms with Crippen LogP contribution in [-0.2, 0) is 0 Å². The number of nitrogens with one attached hydrogen (secondary N) is 1. The predicted octanol–water partition coefficient (Wildman–Crippen LogP) is 3.48. The first kappa shape index (κ1) is 14.1. The minimum absolute atomic E-state index is 0.0981. The Labute approximate surface area is 118 Å². The van der Waals surface area contributed by atoms with Gasteiger partial charge in [0.2, 0.25) is 12.3 Å². The van der Waals surface area contributed by atoms with Crippen LogP contribution >= 0.6 is 0 Å². The summed E-state index contributed by atoms with van der Waals surface area (Å²) in [7, 11) is 0. The largest absolute Gasteiger partial charge is 0.423 e. The third kappa shape index (κ3) is 3.82. The van der Waals surface area contributed by atoms with Gasteiger partial charge >= 0.3 is 0 Å². The van der Waals surface area contributed by atoms with E-state index in [1.807, 2.05) is 24.3 Å². The molecule has 0 aliphatic carbocycles. The summed E-state index contributed by atoms with van der Waals surface area (Å²) in [5, 5.41) is 19.6. The van der Waals surface area contributed by atoms with E-state index in [0.29, 0.717) is 12.3 Å². The highest BCUT2D eigenvalue weighted by Gasteiger charge is 2.17. The van der Waals surface area contributed by atoms with Gasteiger partial charge in [-0.15, -0.1) is 10.2 Å². The zero-order valence-corrected chi connectivity index (χ0v) is 11.8. The standard InChI is InChI=1S/C15H18N4O/c1-15(2,8-3-9-16)10-17-13-6-4-12(5-7-13)14-19-18-11-20-14/h4-7,11,17H,3,8,10H2,1-2H3. The van der Waals surface area contributed by atoms with E-state index < -0.39 is 0 Å². The van der Waals surface area contributed by atoms with Crippen LogP contribution < -0.4 is 5.32 Å². The Kier molecular flexibility index (Phi) is 4.36. The number of rotatable bonds is 6. The van der Waals surface area contributed by atoms with Gasteiger partial charge in [-0.3, -0.25) is 0 Å². The first-order chi connectivity index (χ1) is 9.61. The summed E-state index contributed by atoms with van der Waals surface area (Å²) in [4.78, 5) is 0. The Morgan fingerprint density at radius 1 is 1.30 bits per heavy atom. The van der Waals surface area contributed by atoms with Crippen LogP contribution in [0.1, 0.15) is 26.7 Å². The summed E-state index contributed by atoms with van der Waals surface area (Å²) in [6.07, 6.45) is 2.79. The Bertz CT molecular complexity index is 567. The van der Waals surface area contributed by atoms with E-state index >= 15 is 0 Å². The number of nitrogens with zero attached hydrogens (tertiary/aromatic N) is 3. The molecule has 1 heterocycles. The summed E-state index contributed by atoms with van der Waals surface area (Å²) < 4.78 is 5.14. The van der Waals surface area contributed by atoms with Crippen molar-refractivity contribution in [3.63, 3.8) is 0 Å². The Balaban J connectivity index is 1.93. The van der Waals surface area contributed by atoms with Gasteiger partial charge in [0.1, 0.15) is 0 Å². The van der Waals surface area contributed by atoms with Crippen molar-refractivity contribution >= 4 is 5.69 Å². The van der Waals surface area contributed by atoms with Gasteiger partial charge in [-0.1, -0.05) is 13.8 Å². The Morgan fingerprint density at radius 3 is 2.65 bits per heavy atom. The minimum atomic E-state index is 0.0981. The molecule has 1 N–H and O–H groups in total. The second-order valence-corrected chi connectivity index (χ2v) is 5.50. The molecule has 0 bridgehead atoms. The zero-order valence-electron chi connectivity index (χ0n) is 11.8. The lowest BCUT2D eigenvalue weighted by Crippen LogP contribution is -2.22. The average molecular weight is 270 g/mol. The fourth-order valence-electron chi connectivity index (χ4n) is 1.85.